The molecule has 7 nitrogen and oxygen atoms in total. The number of benzene rings is 1. The third kappa shape index (κ3) is 2.62. The Bertz CT molecular complexity index is 781. The predicted molar refractivity (Wildman–Crippen MR) is 84.2 cm³/mol. The first-order chi connectivity index (χ1) is 11.1. The molecule has 2 N–H and O–H groups in total. The van der Waals surface area contributed by atoms with Gasteiger partial charge in [0.25, 0.3) is 5.91 Å². The van der Waals surface area contributed by atoms with Crippen molar-refractivity contribution in [3.05, 3.63) is 24.1 Å². The Morgan fingerprint density at radius 3 is 3.00 bits per heavy atom. The van der Waals surface area contributed by atoms with Gasteiger partial charge in [0.2, 0.25) is 0 Å². The maximum absolute atomic E-state index is 12.3. The summed E-state index contributed by atoms with van der Waals surface area (Å²) in [5.74, 6) is 1.03. The Hall–Kier alpha value is -2.57. The molecule has 4 rings (SSSR count). The van der Waals surface area contributed by atoms with E-state index in [0.717, 1.165) is 35.5 Å². The van der Waals surface area contributed by atoms with Crippen LogP contribution in [0.3, 0.4) is 0 Å². The SMILES string of the molecule is CC(Nc1ccc2oc(C3CC3)nc2c1)C(=O)N1CCNC1=O. The molecule has 1 aliphatic heterocycles. The van der Waals surface area contributed by atoms with E-state index in [1.807, 2.05) is 18.2 Å². The lowest BCUT2D eigenvalue weighted by Gasteiger charge is -2.19. The number of carbonyl (C=O) groups is 2. The summed E-state index contributed by atoms with van der Waals surface area (Å²) in [5.41, 5.74) is 2.33. The lowest BCUT2D eigenvalue weighted by molar-refractivity contribution is -0.128. The van der Waals surface area contributed by atoms with Crippen LogP contribution in [0.2, 0.25) is 0 Å². The molecule has 1 unspecified atom stereocenters. The average Bonchev–Trinajstić information content (AvgIpc) is 3.17. The van der Waals surface area contributed by atoms with Gasteiger partial charge in [-0.05, 0) is 38.0 Å². The number of nitrogens with one attached hydrogen (secondary N) is 2. The summed E-state index contributed by atoms with van der Waals surface area (Å²) < 4.78 is 5.73. The van der Waals surface area contributed by atoms with E-state index in [2.05, 4.69) is 15.6 Å². The summed E-state index contributed by atoms with van der Waals surface area (Å²) in [6.07, 6.45) is 2.28. The fourth-order valence-electron chi connectivity index (χ4n) is 2.77. The summed E-state index contributed by atoms with van der Waals surface area (Å²) in [6.45, 7) is 2.67. The molecule has 2 heterocycles. The van der Waals surface area contributed by atoms with Crippen molar-refractivity contribution in [2.24, 2.45) is 0 Å². The van der Waals surface area contributed by atoms with Gasteiger partial charge in [-0.3, -0.25) is 9.69 Å². The summed E-state index contributed by atoms with van der Waals surface area (Å²) in [4.78, 5) is 29.6. The maximum atomic E-state index is 12.3. The Balaban J connectivity index is 1.50. The third-order valence-corrected chi connectivity index (χ3v) is 4.21. The zero-order chi connectivity index (χ0) is 16.0. The molecule has 1 aromatic heterocycles. The monoisotopic (exact) mass is 314 g/mol. The number of carbonyl (C=O) groups excluding carboxylic acids is 2. The lowest BCUT2D eigenvalue weighted by atomic mass is 10.2. The van der Waals surface area contributed by atoms with Gasteiger partial charge in [0.1, 0.15) is 11.6 Å². The average molecular weight is 314 g/mol. The highest BCUT2D eigenvalue weighted by molar-refractivity contribution is 5.99. The number of fused-ring (bicyclic) bond motifs is 1. The third-order valence-electron chi connectivity index (χ3n) is 4.21. The van der Waals surface area contributed by atoms with Gasteiger partial charge in [-0.1, -0.05) is 0 Å². The van der Waals surface area contributed by atoms with Crippen LogP contribution < -0.4 is 10.6 Å². The molecule has 7 heteroatoms. The molecule has 2 fully saturated rings. The van der Waals surface area contributed by atoms with Crippen molar-refractivity contribution < 1.29 is 14.0 Å². The van der Waals surface area contributed by atoms with Crippen LogP contribution >= 0.6 is 0 Å². The van der Waals surface area contributed by atoms with Crippen molar-refractivity contribution in [3.8, 4) is 0 Å². The van der Waals surface area contributed by atoms with Crippen molar-refractivity contribution in [2.45, 2.75) is 31.7 Å². The number of imide groups is 1. The molecule has 0 spiro atoms. The zero-order valence-electron chi connectivity index (χ0n) is 12.8. The molecule has 2 aliphatic rings. The van der Waals surface area contributed by atoms with Crippen molar-refractivity contribution in [3.63, 3.8) is 0 Å². The van der Waals surface area contributed by atoms with E-state index < -0.39 is 6.04 Å². The van der Waals surface area contributed by atoms with E-state index >= 15 is 0 Å². The number of anilines is 1. The van der Waals surface area contributed by atoms with Crippen LogP contribution in [0.1, 0.15) is 31.6 Å². The number of hydrogen-bond acceptors (Lipinski definition) is 5. The molecule has 1 saturated heterocycles. The molecule has 1 aliphatic carbocycles. The van der Waals surface area contributed by atoms with E-state index in [1.54, 1.807) is 6.92 Å². The van der Waals surface area contributed by atoms with Gasteiger partial charge in [-0.2, -0.15) is 0 Å². The second-order valence-electron chi connectivity index (χ2n) is 6.10. The Morgan fingerprint density at radius 1 is 1.48 bits per heavy atom. The molecular weight excluding hydrogens is 296 g/mol. The number of hydrogen-bond donors (Lipinski definition) is 2. The quantitative estimate of drug-likeness (QED) is 0.902. The van der Waals surface area contributed by atoms with Gasteiger partial charge >= 0.3 is 6.03 Å². The smallest absolute Gasteiger partial charge is 0.324 e. The van der Waals surface area contributed by atoms with E-state index in [4.69, 9.17) is 4.42 Å². The van der Waals surface area contributed by atoms with Crippen molar-refractivity contribution in [1.82, 2.24) is 15.2 Å². The van der Waals surface area contributed by atoms with Crippen LogP contribution in [0.15, 0.2) is 22.6 Å². The molecular formula is C16H18N4O3. The van der Waals surface area contributed by atoms with E-state index in [1.165, 1.54) is 4.90 Å². The highest BCUT2D eigenvalue weighted by Crippen LogP contribution is 2.40. The van der Waals surface area contributed by atoms with Gasteiger partial charge in [-0.15, -0.1) is 0 Å². The molecule has 120 valence electrons. The molecule has 0 bridgehead atoms. The lowest BCUT2D eigenvalue weighted by Crippen LogP contribution is -2.43. The minimum absolute atomic E-state index is 0.237. The van der Waals surface area contributed by atoms with E-state index in [0.29, 0.717) is 19.0 Å². The first kappa shape index (κ1) is 14.0. The van der Waals surface area contributed by atoms with Crippen LogP contribution in [-0.4, -0.2) is 41.0 Å². The van der Waals surface area contributed by atoms with Crippen LogP contribution in [-0.2, 0) is 4.79 Å². The first-order valence-corrected chi connectivity index (χ1v) is 7.88. The molecule has 1 atom stereocenters. The summed E-state index contributed by atoms with van der Waals surface area (Å²) >= 11 is 0. The van der Waals surface area contributed by atoms with Gasteiger partial charge in [0.15, 0.2) is 11.5 Å². The predicted octanol–water partition coefficient (Wildman–Crippen LogP) is 2.06. The number of amides is 3. The van der Waals surface area contributed by atoms with Crippen molar-refractivity contribution in [2.75, 3.05) is 18.4 Å². The Labute approximate surface area is 133 Å². The number of rotatable bonds is 4. The minimum Gasteiger partial charge on any atom is -0.440 e. The normalized spacial score (nSPS) is 19.0. The summed E-state index contributed by atoms with van der Waals surface area (Å²) in [6, 6.07) is 4.77. The standard InChI is InChI=1S/C16H18N4O3/c1-9(15(21)20-7-6-17-16(20)22)18-11-4-5-13-12(8-11)19-14(23-13)10-2-3-10/h4-5,8-10,18H,2-3,6-7H2,1H3,(H,17,22). The molecule has 23 heavy (non-hydrogen) atoms. The van der Waals surface area contributed by atoms with Gasteiger partial charge in [0.05, 0.1) is 0 Å². The molecule has 1 aromatic carbocycles. The Morgan fingerprint density at radius 2 is 2.30 bits per heavy atom. The zero-order valence-corrected chi connectivity index (χ0v) is 12.8. The van der Waals surface area contributed by atoms with Crippen molar-refractivity contribution in [1.29, 1.82) is 0 Å². The molecule has 1 saturated carbocycles. The minimum atomic E-state index is -0.494. The molecule has 0 radical (unpaired) electrons. The van der Waals surface area contributed by atoms with Gasteiger partial charge < -0.3 is 15.1 Å². The number of urea groups is 1. The second kappa shape index (κ2) is 5.26. The Kier molecular flexibility index (Phi) is 3.21. The van der Waals surface area contributed by atoms with Gasteiger partial charge in [-0.25, -0.2) is 9.78 Å². The number of nitrogens with zero attached hydrogens (tertiary/aromatic N) is 2. The van der Waals surface area contributed by atoms with Crippen LogP contribution in [0, 0.1) is 0 Å². The molecule has 2 aromatic rings. The fraction of sp³-hybridized carbons (Fsp3) is 0.438. The van der Waals surface area contributed by atoms with E-state index in [-0.39, 0.29) is 11.9 Å². The maximum Gasteiger partial charge on any atom is 0.324 e. The highest BCUT2D eigenvalue weighted by Gasteiger charge is 2.30. The fourth-order valence-corrected chi connectivity index (χ4v) is 2.77. The van der Waals surface area contributed by atoms with Crippen LogP contribution in [0.5, 0.6) is 0 Å². The van der Waals surface area contributed by atoms with Crippen molar-refractivity contribution >= 4 is 28.7 Å². The topological polar surface area (TPSA) is 87.5 Å². The summed E-state index contributed by atoms with van der Waals surface area (Å²) in [5, 5.41) is 5.76. The second-order valence-corrected chi connectivity index (χ2v) is 6.10. The summed E-state index contributed by atoms with van der Waals surface area (Å²) in [7, 11) is 0. The first-order valence-electron chi connectivity index (χ1n) is 7.88. The van der Waals surface area contributed by atoms with Crippen LogP contribution in [0.25, 0.3) is 11.1 Å². The highest BCUT2D eigenvalue weighted by atomic mass is 16.3. The molecule has 3 amide bonds. The largest absolute Gasteiger partial charge is 0.440 e. The van der Waals surface area contributed by atoms with Crippen LogP contribution in [0.4, 0.5) is 10.5 Å². The van der Waals surface area contributed by atoms with E-state index in [9.17, 15) is 9.59 Å². The number of aromatic nitrogens is 1. The number of oxazole rings is 1. The van der Waals surface area contributed by atoms with Gasteiger partial charge in [0, 0.05) is 24.7 Å².